The van der Waals surface area contributed by atoms with Crippen molar-refractivity contribution in [3.05, 3.63) is 29.8 Å². The van der Waals surface area contributed by atoms with Gasteiger partial charge in [0.2, 0.25) is 0 Å². The highest BCUT2D eigenvalue weighted by atomic mass is 16.5. The highest BCUT2D eigenvalue weighted by Gasteiger charge is 2.17. The van der Waals surface area contributed by atoms with Gasteiger partial charge in [0, 0.05) is 13.1 Å². The Morgan fingerprint density at radius 3 is 2.78 bits per heavy atom. The number of carbonyl (C=O) groups excluding carboxylic acids is 1. The van der Waals surface area contributed by atoms with Crippen LogP contribution >= 0.6 is 0 Å². The van der Waals surface area contributed by atoms with Crippen LogP contribution in [0, 0.1) is 5.92 Å². The monoisotopic (exact) mass is 320 g/mol. The molecule has 1 atom stereocenters. The molecule has 1 unspecified atom stereocenters. The van der Waals surface area contributed by atoms with Crippen molar-refractivity contribution < 1.29 is 14.6 Å². The summed E-state index contributed by atoms with van der Waals surface area (Å²) in [6.45, 7) is 4.79. The first-order chi connectivity index (χ1) is 11.0. The highest BCUT2D eigenvalue weighted by Crippen LogP contribution is 2.28. The molecule has 0 saturated heterocycles. The van der Waals surface area contributed by atoms with E-state index in [1.807, 2.05) is 32.0 Å². The molecule has 0 radical (unpaired) electrons. The van der Waals surface area contributed by atoms with Crippen LogP contribution in [0.1, 0.15) is 51.2 Å². The summed E-state index contributed by atoms with van der Waals surface area (Å²) in [7, 11) is 0. The number of benzene rings is 1. The van der Waals surface area contributed by atoms with Crippen LogP contribution in [0.5, 0.6) is 5.75 Å². The van der Waals surface area contributed by atoms with Crippen LogP contribution in [-0.2, 0) is 0 Å². The van der Waals surface area contributed by atoms with E-state index in [1.165, 1.54) is 19.3 Å². The first-order valence-electron chi connectivity index (χ1n) is 8.51. The molecular formula is C18H28N2O3. The molecule has 5 heteroatoms. The zero-order valence-electron chi connectivity index (χ0n) is 14.0. The normalized spacial score (nSPS) is 15.8. The van der Waals surface area contributed by atoms with E-state index < -0.39 is 6.10 Å². The topological polar surface area (TPSA) is 70.6 Å². The van der Waals surface area contributed by atoms with Crippen molar-refractivity contribution in [3.63, 3.8) is 0 Å². The number of urea groups is 1. The summed E-state index contributed by atoms with van der Waals surface area (Å²) in [5.74, 6) is 1.51. The lowest BCUT2D eigenvalue weighted by molar-refractivity contribution is 0.171. The number of hydrogen-bond acceptors (Lipinski definition) is 3. The summed E-state index contributed by atoms with van der Waals surface area (Å²) in [4.78, 5) is 11.7. The van der Waals surface area contributed by atoms with Gasteiger partial charge in [0.25, 0.3) is 0 Å². The van der Waals surface area contributed by atoms with Crippen molar-refractivity contribution in [2.45, 2.75) is 51.7 Å². The van der Waals surface area contributed by atoms with E-state index in [2.05, 4.69) is 10.6 Å². The molecule has 5 nitrogen and oxygen atoms in total. The number of ether oxygens (including phenoxy) is 1. The van der Waals surface area contributed by atoms with Crippen LogP contribution < -0.4 is 15.4 Å². The predicted molar refractivity (Wildman–Crippen MR) is 90.5 cm³/mol. The van der Waals surface area contributed by atoms with Crippen molar-refractivity contribution in [2.24, 2.45) is 5.92 Å². The van der Waals surface area contributed by atoms with E-state index in [0.29, 0.717) is 6.54 Å². The molecule has 0 aromatic heterocycles. The highest BCUT2D eigenvalue weighted by molar-refractivity contribution is 5.73. The maximum Gasteiger partial charge on any atom is 0.314 e. The van der Waals surface area contributed by atoms with Crippen LogP contribution in [0.4, 0.5) is 4.79 Å². The summed E-state index contributed by atoms with van der Waals surface area (Å²) in [5.41, 5.74) is 0.734. The Bertz CT molecular complexity index is 501. The Balaban J connectivity index is 1.70. The van der Waals surface area contributed by atoms with Gasteiger partial charge in [-0.05, 0) is 43.9 Å². The summed E-state index contributed by atoms with van der Waals surface area (Å²) in [6, 6.07) is 7.11. The molecule has 1 aromatic carbocycles. The van der Waals surface area contributed by atoms with Gasteiger partial charge in [0.05, 0.1) is 12.2 Å². The van der Waals surface area contributed by atoms with Crippen molar-refractivity contribution >= 4 is 6.03 Å². The Labute approximate surface area is 138 Å². The average Bonchev–Trinajstić information content (AvgIpc) is 2.47. The smallest absolute Gasteiger partial charge is 0.314 e. The SMILES string of the molecule is CC(C)Oc1cccc(C(O)CNC(=O)NCCC2CCC2)c1. The van der Waals surface area contributed by atoms with Gasteiger partial charge in [-0.25, -0.2) is 4.79 Å². The molecule has 1 saturated carbocycles. The quantitative estimate of drug-likeness (QED) is 0.689. The van der Waals surface area contributed by atoms with E-state index in [9.17, 15) is 9.90 Å². The summed E-state index contributed by atoms with van der Waals surface area (Å²) < 4.78 is 5.61. The number of carbonyl (C=O) groups is 1. The lowest BCUT2D eigenvalue weighted by atomic mass is 9.83. The summed E-state index contributed by atoms with van der Waals surface area (Å²) in [6.07, 6.45) is 4.28. The lowest BCUT2D eigenvalue weighted by Gasteiger charge is -2.25. The second-order valence-corrected chi connectivity index (χ2v) is 6.48. The molecule has 3 N–H and O–H groups in total. The molecule has 0 aliphatic heterocycles. The van der Waals surface area contributed by atoms with E-state index in [4.69, 9.17) is 4.74 Å². The van der Waals surface area contributed by atoms with Crippen LogP contribution in [0.15, 0.2) is 24.3 Å². The first-order valence-corrected chi connectivity index (χ1v) is 8.51. The van der Waals surface area contributed by atoms with Crippen molar-refractivity contribution in [1.82, 2.24) is 10.6 Å². The van der Waals surface area contributed by atoms with Crippen molar-refractivity contribution in [1.29, 1.82) is 0 Å². The number of aliphatic hydroxyl groups excluding tert-OH is 1. The molecule has 2 rings (SSSR count). The Morgan fingerprint density at radius 1 is 1.35 bits per heavy atom. The van der Waals surface area contributed by atoms with E-state index in [1.54, 1.807) is 6.07 Å². The molecule has 0 bridgehead atoms. The van der Waals surface area contributed by atoms with Crippen LogP contribution in [0.3, 0.4) is 0 Å². The first kappa shape index (κ1) is 17.6. The van der Waals surface area contributed by atoms with Gasteiger partial charge < -0.3 is 20.5 Å². The Hall–Kier alpha value is -1.75. The largest absolute Gasteiger partial charge is 0.491 e. The fourth-order valence-corrected chi connectivity index (χ4v) is 2.61. The fraction of sp³-hybridized carbons (Fsp3) is 0.611. The third kappa shape index (κ3) is 6.10. The van der Waals surface area contributed by atoms with Crippen molar-refractivity contribution in [3.8, 4) is 5.75 Å². The molecule has 128 valence electrons. The van der Waals surface area contributed by atoms with Gasteiger partial charge in [0.15, 0.2) is 0 Å². The minimum absolute atomic E-state index is 0.0852. The minimum Gasteiger partial charge on any atom is -0.491 e. The van der Waals surface area contributed by atoms with Gasteiger partial charge in [-0.1, -0.05) is 31.4 Å². The number of nitrogens with one attached hydrogen (secondary N) is 2. The Kier molecular flexibility index (Phi) is 6.71. The molecule has 1 aromatic rings. The number of hydrogen-bond donors (Lipinski definition) is 3. The molecule has 1 aliphatic carbocycles. The zero-order chi connectivity index (χ0) is 16.7. The van der Waals surface area contributed by atoms with E-state index >= 15 is 0 Å². The standard InChI is InChI=1S/C18H28N2O3/c1-13(2)23-16-8-4-7-15(11-16)17(21)12-20-18(22)19-10-9-14-5-3-6-14/h4,7-8,11,13-14,17,21H,3,5-6,9-10,12H2,1-2H3,(H2,19,20,22). The maximum absolute atomic E-state index is 11.7. The van der Waals surface area contributed by atoms with Gasteiger partial charge in [0.1, 0.15) is 5.75 Å². The third-order valence-electron chi connectivity index (χ3n) is 4.13. The van der Waals surface area contributed by atoms with Gasteiger partial charge in [-0.3, -0.25) is 0 Å². The molecule has 0 heterocycles. The maximum atomic E-state index is 11.7. The van der Waals surface area contributed by atoms with Crippen molar-refractivity contribution in [2.75, 3.05) is 13.1 Å². The van der Waals surface area contributed by atoms with Crippen LogP contribution in [0.25, 0.3) is 0 Å². The lowest BCUT2D eigenvalue weighted by Crippen LogP contribution is -2.38. The number of amides is 2. The molecule has 23 heavy (non-hydrogen) atoms. The molecule has 1 fully saturated rings. The van der Waals surface area contributed by atoms with Gasteiger partial charge in [-0.2, -0.15) is 0 Å². The van der Waals surface area contributed by atoms with Crippen LogP contribution in [-0.4, -0.2) is 30.3 Å². The van der Waals surface area contributed by atoms with E-state index in [0.717, 1.165) is 23.7 Å². The second kappa shape index (κ2) is 8.77. The fourth-order valence-electron chi connectivity index (χ4n) is 2.61. The van der Waals surface area contributed by atoms with Gasteiger partial charge >= 0.3 is 6.03 Å². The Morgan fingerprint density at radius 2 is 2.13 bits per heavy atom. The molecule has 2 amide bonds. The average molecular weight is 320 g/mol. The number of aliphatic hydroxyl groups is 1. The summed E-state index contributed by atoms with van der Waals surface area (Å²) in [5, 5.41) is 15.7. The molecule has 1 aliphatic rings. The van der Waals surface area contributed by atoms with E-state index in [-0.39, 0.29) is 18.7 Å². The summed E-state index contributed by atoms with van der Waals surface area (Å²) >= 11 is 0. The van der Waals surface area contributed by atoms with Gasteiger partial charge in [-0.15, -0.1) is 0 Å². The minimum atomic E-state index is -0.747. The number of rotatable bonds is 8. The second-order valence-electron chi connectivity index (χ2n) is 6.48. The third-order valence-corrected chi connectivity index (χ3v) is 4.13. The molecular weight excluding hydrogens is 292 g/mol. The predicted octanol–water partition coefficient (Wildman–Crippen LogP) is 3.00. The van der Waals surface area contributed by atoms with Crippen LogP contribution in [0.2, 0.25) is 0 Å². The zero-order valence-corrected chi connectivity index (χ0v) is 14.0. The molecule has 0 spiro atoms.